The minimum atomic E-state index is -0.493. The van der Waals surface area contributed by atoms with E-state index in [-0.39, 0.29) is 10.6 Å². The van der Waals surface area contributed by atoms with Gasteiger partial charge in [-0.1, -0.05) is 29.1 Å². The molecule has 120 valence electrons. The molecule has 2 heterocycles. The van der Waals surface area contributed by atoms with Gasteiger partial charge in [-0.15, -0.1) is 6.42 Å². The Balaban J connectivity index is 2.08. The summed E-state index contributed by atoms with van der Waals surface area (Å²) in [5.74, 6) is 2.27. The van der Waals surface area contributed by atoms with Crippen molar-refractivity contribution in [1.82, 2.24) is 9.78 Å². The second kappa shape index (κ2) is 6.43. The third-order valence-electron chi connectivity index (χ3n) is 3.84. The maximum atomic E-state index is 14.4. The van der Waals surface area contributed by atoms with E-state index in [1.807, 2.05) is 4.68 Å². The van der Waals surface area contributed by atoms with Crippen LogP contribution < -0.4 is 4.74 Å². The molecule has 6 heteroatoms. The van der Waals surface area contributed by atoms with Crippen molar-refractivity contribution in [2.45, 2.75) is 38.8 Å². The Hall–Kier alpha value is -1.70. The number of halogens is 3. The molecule has 1 atom stereocenters. The zero-order valence-corrected chi connectivity index (χ0v) is 14.1. The molecule has 0 amide bonds. The Morgan fingerprint density at radius 3 is 2.87 bits per heavy atom. The first kappa shape index (κ1) is 16.2. The summed E-state index contributed by atoms with van der Waals surface area (Å²) in [7, 11) is 0. The lowest BCUT2D eigenvalue weighted by atomic mass is 10.1. The van der Waals surface area contributed by atoms with Gasteiger partial charge >= 0.3 is 0 Å². The number of ether oxygens (including phenoxy) is 1. The highest BCUT2D eigenvalue weighted by Crippen LogP contribution is 2.38. The smallest absolute Gasteiger partial charge is 0.156 e. The van der Waals surface area contributed by atoms with E-state index < -0.39 is 11.9 Å². The molecule has 3 nitrogen and oxygen atoms in total. The summed E-state index contributed by atoms with van der Waals surface area (Å²) in [6, 6.07) is 2.70. The molecule has 0 spiro atoms. The third kappa shape index (κ3) is 3.04. The summed E-state index contributed by atoms with van der Waals surface area (Å²) in [4.78, 5) is 0. The van der Waals surface area contributed by atoms with Crippen LogP contribution in [0, 0.1) is 18.2 Å². The average molecular weight is 353 g/mol. The highest BCUT2D eigenvalue weighted by molar-refractivity contribution is 6.34. The number of benzene rings is 1. The number of nitrogens with zero attached hydrogens (tertiary/aromatic N) is 2. The number of terminal acetylenes is 1. The number of hydrogen-bond acceptors (Lipinski definition) is 2. The van der Waals surface area contributed by atoms with Crippen LogP contribution in [0.5, 0.6) is 5.75 Å². The average Bonchev–Trinajstić information content (AvgIpc) is 2.87. The summed E-state index contributed by atoms with van der Waals surface area (Å²) < 4.78 is 21.8. The second-order valence-electron chi connectivity index (χ2n) is 5.48. The lowest BCUT2D eigenvalue weighted by molar-refractivity contribution is 0.279. The van der Waals surface area contributed by atoms with Crippen LogP contribution in [0.1, 0.15) is 25.5 Å². The Morgan fingerprint density at radius 2 is 2.17 bits per heavy atom. The van der Waals surface area contributed by atoms with Crippen LogP contribution in [0.3, 0.4) is 0 Å². The molecule has 0 radical (unpaired) electrons. The van der Waals surface area contributed by atoms with Crippen molar-refractivity contribution in [2.24, 2.45) is 0 Å². The predicted octanol–water partition coefficient (Wildman–Crippen LogP) is 4.73. The molecular weight excluding hydrogens is 338 g/mol. The first-order valence-corrected chi connectivity index (χ1v) is 8.14. The lowest BCUT2D eigenvalue weighted by Crippen LogP contribution is -2.11. The minimum absolute atomic E-state index is 0.161. The van der Waals surface area contributed by atoms with E-state index in [2.05, 4.69) is 11.0 Å². The number of aryl methyl sites for hydroxylation is 1. The molecule has 0 bridgehead atoms. The molecule has 0 fully saturated rings. The maximum absolute atomic E-state index is 14.4. The Labute approximate surface area is 144 Å². The summed E-state index contributed by atoms with van der Waals surface area (Å²) in [5, 5.41) is 5.11. The van der Waals surface area contributed by atoms with E-state index in [0.29, 0.717) is 16.5 Å². The number of hydrogen-bond donors (Lipinski definition) is 0. The fourth-order valence-corrected chi connectivity index (χ4v) is 3.18. The molecule has 0 saturated heterocycles. The first-order chi connectivity index (χ1) is 11.0. The van der Waals surface area contributed by atoms with E-state index in [1.54, 1.807) is 6.92 Å². The molecule has 0 saturated carbocycles. The van der Waals surface area contributed by atoms with Crippen molar-refractivity contribution in [1.29, 1.82) is 0 Å². The van der Waals surface area contributed by atoms with Crippen molar-refractivity contribution >= 4 is 23.2 Å². The molecule has 1 aromatic heterocycles. The van der Waals surface area contributed by atoms with Gasteiger partial charge in [-0.3, -0.25) is 4.68 Å². The Kier molecular flexibility index (Phi) is 4.52. The molecule has 1 aliphatic heterocycles. The highest BCUT2D eigenvalue weighted by atomic mass is 35.5. The van der Waals surface area contributed by atoms with Crippen LogP contribution >= 0.6 is 23.2 Å². The number of rotatable bonds is 3. The van der Waals surface area contributed by atoms with Crippen molar-refractivity contribution in [2.75, 3.05) is 0 Å². The van der Waals surface area contributed by atoms with Crippen LogP contribution in [0.2, 0.25) is 10.0 Å². The Bertz CT molecular complexity index is 795. The van der Waals surface area contributed by atoms with Crippen LogP contribution in [0.15, 0.2) is 12.1 Å². The van der Waals surface area contributed by atoms with Crippen molar-refractivity contribution < 1.29 is 9.13 Å². The van der Waals surface area contributed by atoms with Gasteiger partial charge in [0, 0.05) is 12.1 Å². The van der Waals surface area contributed by atoms with Gasteiger partial charge in [-0.2, -0.15) is 5.10 Å². The standard InChI is InChI=1S/C17H15Cl2FN2O/c1-3-10(2)23-15-8-11(13(20)9-12(15)18)17-16(19)14-6-4-5-7-22(14)21-17/h1,8-10H,4-7H2,2H3. The third-order valence-corrected chi connectivity index (χ3v) is 4.53. The van der Waals surface area contributed by atoms with Crippen LogP contribution in [-0.4, -0.2) is 15.9 Å². The molecule has 3 rings (SSSR count). The maximum Gasteiger partial charge on any atom is 0.156 e. The van der Waals surface area contributed by atoms with E-state index in [1.165, 1.54) is 12.1 Å². The molecule has 0 N–H and O–H groups in total. The SMILES string of the molecule is C#CC(C)Oc1cc(-c2nn3c(c2Cl)CCCC3)c(F)cc1Cl. The van der Waals surface area contributed by atoms with E-state index in [0.717, 1.165) is 31.5 Å². The summed E-state index contributed by atoms with van der Waals surface area (Å²) in [5.41, 5.74) is 1.62. The topological polar surface area (TPSA) is 27.1 Å². The van der Waals surface area contributed by atoms with Gasteiger partial charge in [0.1, 0.15) is 17.3 Å². The monoisotopic (exact) mass is 352 g/mol. The quantitative estimate of drug-likeness (QED) is 0.746. The normalized spacial score (nSPS) is 14.9. The second-order valence-corrected chi connectivity index (χ2v) is 6.26. The fourth-order valence-electron chi connectivity index (χ4n) is 2.65. The van der Waals surface area contributed by atoms with Gasteiger partial charge in [0.25, 0.3) is 0 Å². The molecule has 1 unspecified atom stereocenters. The highest BCUT2D eigenvalue weighted by Gasteiger charge is 2.23. The molecular formula is C17H15Cl2FN2O. The largest absolute Gasteiger partial charge is 0.476 e. The van der Waals surface area contributed by atoms with Crippen molar-refractivity contribution in [3.63, 3.8) is 0 Å². The number of fused-ring (bicyclic) bond motifs is 1. The predicted molar refractivity (Wildman–Crippen MR) is 89.5 cm³/mol. The minimum Gasteiger partial charge on any atom is -0.476 e. The van der Waals surface area contributed by atoms with Gasteiger partial charge in [0.05, 0.1) is 15.7 Å². The van der Waals surface area contributed by atoms with Gasteiger partial charge in [0.15, 0.2) is 6.10 Å². The van der Waals surface area contributed by atoms with Crippen molar-refractivity contribution in [3.05, 3.63) is 33.7 Å². The lowest BCUT2D eigenvalue weighted by Gasteiger charge is -2.12. The Morgan fingerprint density at radius 1 is 1.39 bits per heavy atom. The van der Waals surface area contributed by atoms with Gasteiger partial charge in [0.2, 0.25) is 0 Å². The fraction of sp³-hybridized carbons (Fsp3) is 0.353. The molecule has 23 heavy (non-hydrogen) atoms. The molecule has 1 aromatic carbocycles. The zero-order valence-electron chi connectivity index (χ0n) is 12.6. The summed E-state index contributed by atoms with van der Waals surface area (Å²) >= 11 is 12.5. The van der Waals surface area contributed by atoms with Crippen LogP contribution in [0.4, 0.5) is 4.39 Å². The van der Waals surface area contributed by atoms with Gasteiger partial charge in [-0.05, 0) is 38.3 Å². The molecule has 1 aliphatic rings. The van der Waals surface area contributed by atoms with Crippen LogP contribution in [-0.2, 0) is 13.0 Å². The van der Waals surface area contributed by atoms with E-state index in [4.69, 9.17) is 34.4 Å². The van der Waals surface area contributed by atoms with Crippen molar-refractivity contribution in [3.8, 4) is 29.4 Å². The van der Waals surface area contributed by atoms with Gasteiger partial charge in [-0.25, -0.2) is 4.39 Å². The van der Waals surface area contributed by atoms with E-state index in [9.17, 15) is 4.39 Å². The molecule has 2 aromatic rings. The summed E-state index contributed by atoms with van der Waals surface area (Å²) in [6.07, 6.45) is 7.78. The van der Waals surface area contributed by atoms with Crippen LogP contribution in [0.25, 0.3) is 11.3 Å². The number of aromatic nitrogens is 2. The first-order valence-electron chi connectivity index (χ1n) is 7.38. The van der Waals surface area contributed by atoms with Gasteiger partial charge < -0.3 is 4.74 Å². The molecule has 0 aliphatic carbocycles. The van der Waals surface area contributed by atoms with E-state index >= 15 is 0 Å². The summed E-state index contributed by atoms with van der Waals surface area (Å²) in [6.45, 7) is 2.50. The zero-order chi connectivity index (χ0) is 16.6.